The van der Waals surface area contributed by atoms with E-state index in [1.165, 1.54) is 4.88 Å². The van der Waals surface area contributed by atoms with E-state index in [0.29, 0.717) is 12.2 Å². The van der Waals surface area contributed by atoms with Crippen LogP contribution in [-0.4, -0.2) is 23.9 Å². The van der Waals surface area contributed by atoms with Crippen LogP contribution in [0.3, 0.4) is 0 Å². The zero-order valence-corrected chi connectivity index (χ0v) is 13.2. The fourth-order valence-electron chi connectivity index (χ4n) is 2.12. The van der Waals surface area contributed by atoms with Crippen molar-refractivity contribution in [1.29, 1.82) is 0 Å². The molecule has 1 heterocycles. The standard InChI is InChI=1S/C16H21N3OS/c1-3-19(10-14-5-4-8-21-14)11-16(20)18-15-7-6-13(17)9-12(15)2/h4-9H,3,10-11,17H2,1-2H3,(H,18,20). The van der Waals surface area contributed by atoms with Gasteiger partial charge in [0.05, 0.1) is 6.54 Å². The molecule has 1 aromatic carbocycles. The Balaban J connectivity index is 1.93. The summed E-state index contributed by atoms with van der Waals surface area (Å²) in [5, 5.41) is 5.01. The van der Waals surface area contributed by atoms with Crippen LogP contribution in [0.25, 0.3) is 0 Å². The maximum absolute atomic E-state index is 12.2. The molecule has 0 unspecified atom stereocenters. The number of rotatable bonds is 6. The number of amides is 1. The molecule has 112 valence electrons. The first-order valence-corrected chi connectivity index (χ1v) is 7.87. The maximum Gasteiger partial charge on any atom is 0.238 e. The van der Waals surface area contributed by atoms with Gasteiger partial charge in [0.1, 0.15) is 0 Å². The summed E-state index contributed by atoms with van der Waals surface area (Å²) in [5.74, 6) is 0.00118. The average Bonchev–Trinajstić information content (AvgIpc) is 2.94. The Morgan fingerprint density at radius 2 is 2.19 bits per heavy atom. The van der Waals surface area contributed by atoms with E-state index < -0.39 is 0 Å². The lowest BCUT2D eigenvalue weighted by molar-refractivity contribution is -0.117. The Hall–Kier alpha value is -1.85. The number of nitrogen functional groups attached to an aromatic ring is 1. The normalized spacial score (nSPS) is 10.8. The van der Waals surface area contributed by atoms with Gasteiger partial charge >= 0.3 is 0 Å². The first kappa shape index (κ1) is 15.5. The number of aryl methyl sites for hydroxylation is 1. The molecule has 0 saturated heterocycles. The number of nitrogens with zero attached hydrogens (tertiary/aromatic N) is 1. The van der Waals surface area contributed by atoms with Crippen LogP contribution >= 0.6 is 11.3 Å². The van der Waals surface area contributed by atoms with Crippen LogP contribution in [-0.2, 0) is 11.3 Å². The third-order valence-electron chi connectivity index (χ3n) is 3.30. The minimum atomic E-state index is 0.00118. The molecule has 0 saturated carbocycles. The minimum absolute atomic E-state index is 0.00118. The molecule has 0 aliphatic heterocycles. The molecule has 0 atom stereocenters. The van der Waals surface area contributed by atoms with E-state index in [-0.39, 0.29) is 5.91 Å². The molecule has 21 heavy (non-hydrogen) atoms. The maximum atomic E-state index is 12.2. The number of nitrogens with two attached hydrogens (primary N) is 1. The highest BCUT2D eigenvalue weighted by Gasteiger charge is 2.11. The Bertz CT molecular complexity index is 596. The van der Waals surface area contributed by atoms with Crippen molar-refractivity contribution >= 4 is 28.6 Å². The zero-order chi connectivity index (χ0) is 15.2. The van der Waals surface area contributed by atoms with Gasteiger partial charge in [0, 0.05) is 22.8 Å². The van der Waals surface area contributed by atoms with E-state index in [2.05, 4.69) is 28.6 Å². The highest BCUT2D eigenvalue weighted by molar-refractivity contribution is 7.09. The minimum Gasteiger partial charge on any atom is -0.399 e. The molecule has 0 aliphatic carbocycles. The summed E-state index contributed by atoms with van der Waals surface area (Å²) in [5.41, 5.74) is 8.22. The van der Waals surface area contributed by atoms with E-state index in [4.69, 9.17) is 5.73 Å². The molecule has 1 aromatic heterocycles. The van der Waals surface area contributed by atoms with Crippen molar-refractivity contribution in [3.63, 3.8) is 0 Å². The van der Waals surface area contributed by atoms with E-state index in [1.54, 1.807) is 17.4 Å². The van der Waals surface area contributed by atoms with E-state index in [1.807, 2.05) is 25.1 Å². The highest BCUT2D eigenvalue weighted by Crippen LogP contribution is 2.18. The third-order valence-corrected chi connectivity index (χ3v) is 4.16. The van der Waals surface area contributed by atoms with Gasteiger partial charge < -0.3 is 11.1 Å². The van der Waals surface area contributed by atoms with Crippen molar-refractivity contribution in [3.05, 3.63) is 46.2 Å². The Labute approximate surface area is 129 Å². The molecule has 0 radical (unpaired) electrons. The number of likely N-dealkylation sites (N-methyl/N-ethyl adjacent to an activating group) is 1. The second-order valence-electron chi connectivity index (χ2n) is 5.01. The molecule has 2 aromatic rings. The van der Waals surface area contributed by atoms with Crippen LogP contribution in [0.15, 0.2) is 35.7 Å². The predicted molar refractivity (Wildman–Crippen MR) is 89.5 cm³/mol. The molecule has 4 nitrogen and oxygen atoms in total. The van der Waals surface area contributed by atoms with Crippen molar-refractivity contribution in [3.8, 4) is 0 Å². The average molecular weight is 303 g/mol. The number of benzene rings is 1. The topological polar surface area (TPSA) is 58.4 Å². The van der Waals surface area contributed by atoms with Crippen molar-refractivity contribution in [1.82, 2.24) is 4.90 Å². The number of thiophene rings is 1. The quantitative estimate of drug-likeness (QED) is 0.806. The van der Waals surface area contributed by atoms with Gasteiger partial charge in [-0.15, -0.1) is 11.3 Å². The fraction of sp³-hybridized carbons (Fsp3) is 0.312. The summed E-state index contributed by atoms with van der Waals surface area (Å²) in [6.07, 6.45) is 0. The summed E-state index contributed by atoms with van der Waals surface area (Å²) >= 11 is 1.71. The molecule has 0 aliphatic rings. The van der Waals surface area contributed by atoms with Gasteiger partial charge in [-0.3, -0.25) is 9.69 Å². The van der Waals surface area contributed by atoms with Gasteiger partial charge in [0.25, 0.3) is 0 Å². The molecular formula is C16H21N3OS. The van der Waals surface area contributed by atoms with Crippen LogP contribution < -0.4 is 11.1 Å². The Kier molecular flexibility index (Phi) is 5.36. The van der Waals surface area contributed by atoms with Crippen molar-refractivity contribution in [2.75, 3.05) is 24.1 Å². The fourth-order valence-corrected chi connectivity index (χ4v) is 2.87. The van der Waals surface area contributed by atoms with Crippen LogP contribution in [0.4, 0.5) is 11.4 Å². The smallest absolute Gasteiger partial charge is 0.238 e. The second kappa shape index (κ2) is 7.24. The van der Waals surface area contributed by atoms with Gasteiger partial charge in [-0.1, -0.05) is 13.0 Å². The number of nitrogens with one attached hydrogen (secondary N) is 1. The summed E-state index contributed by atoms with van der Waals surface area (Å²) in [6, 6.07) is 9.63. The van der Waals surface area contributed by atoms with Gasteiger partial charge in [0.2, 0.25) is 5.91 Å². The summed E-state index contributed by atoms with van der Waals surface area (Å²) in [4.78, 5) is 15.6. The van der Waals surface area contributed by atoms with Crippen molar-refractivity contribution in [2.45, 2.75) is 20.4 Å². The number of anilines is 2. The molecule has 0 fully saturated rings. The molecule has 1 amide bonds. The third kappa shape index (κ3) is 4.58. The van der Waals surface area contributed by atoms with Crippen LogP contribution in [0.1, 0.15) is 17.4 Å². The lowest BCUT2D eigenvalue weighted by Crippen LogP contribution is -2.32. The van der Waals surface area contributed by atoms with E-state index in [0.717, 1.165) is 24.3 Å². The Morgan fingerprint density at radius 1 is 1.38 bits per heavy atom. The summed E-state index contributed by atoms with van der Waals surface area (Å²) in [7, 11) is 0. The Morgan fingerprint density at radius 3 is 2.81 bits per heavy atom. The second-order valence-corrected chi connectivity index (χ2v) is 6.04. The highest BCUT2D eigenvalue weighted by atomic mass is 32.1. The van der Waals surface area contributed by atoms with Crippen molar-refractivity contribution in [2.24, 2.45) is 0 Å². The largest absolute Gasteiger partial charge is 0.399 e. The predicted octanol–water partition coefficient (Wildman–Crippen LogP) is 3.10. The molecule has 3 N–H and O–H groups in total. The van der Waals surface area contributed by atoms with Crippen molar-refractivity contribution < 1.29 is 4.79 Å². The monoisotopic (exact) mass is 303 g/mol. The lowest BCUT2D eigenvalue weighted by atomic mass is 10.2. The van der Waals surface area contributed by atoms with Gasteiger partial charge in [-0.25, -0.2) is 0 Å². The molecular weight excluding hydrogens is 282 g/mol. The summed E-state index contributed by atoms with van der Waals surface area (Å²) in [6.45, 7) is 6.04. The molecule has 5 heteroatoms. The van der Waals surface area contributed by atoms with Gasteiger partial charge in [-0.2, -0.15) is 0 Å². The lowest BCUT2D eigenvalue weighted by Gasteiger charge is -2.19. The van der Waals surface area contributed by atoms with Crippen LogP contribution in [0.5, 0.6) is 0 Å². The van der Waals surface area contributed by atoms with E-state index in [9.17, 15) is 4.79 Å². The number of hydrogen-bond donors (Lipinski definition) is 2. The summed E-state index contributed by atoms with van der Waals surface area (Å²) < 4.78 is 0. The van der Waals surface area contributed by atoms with Gasteiger partial charge in [0.15, 0.2) is 0 Å². The van der Waals surface area contributed by atoms with Crippen LogP contribution in [0, 0.1) is 6.92 Å². The van der Waals surface area contributed by atoms with Crippen LogP contribution in [0.2, 0.25) is 0 Å². The number of carbonyl (C=O) groups is 1. The SMILES string of the molecule is CCN(CC(=O)Nc1ccc(N)cc1C)Cc1cccs1. The molecule has 0 bridgehead atoms. The number of carbonyl (C=O) groups excluding carboxylic acids is 1. The zero-order valence-electron chi connectivity index (χ0n) is 12.4. The first-order chi connectivity index (χ1) is 10.1. The molecule has 2 rings (SSSR count). The van der Waals surface area contributed by atoms with E-state index >= 15 is 0 Å². The molecule has 0 spiro atoms. The van der Waals surface area contributed by atoms with Gasteiger partial charge in [-0.05, 0) is 48.7 Å². The number of hydrogen-bond acceptors (Lipinski definition) is 4. The first-order valence-electron chi connectivity index (χ1n) is 6.99.